The molecule has 6 nitrogen and oxygen atoms in total. The number of rotatable bonds is 3. The number of aryl methyl sites for hydroxylation is 1. The Kier molecular flexibility index (Phi) is 3.58. The quantitative estimate of drug-likeness (QED) is 0.520. The zero-order valence-electron chi connectivity index (χ0n) is 15.2. The Bertz CT molecular complexity index is 1230. The molecule has 2 aromatic carbocycles. The Morgan fingerprint density at radius 3 is 2.29 bits per heavy atom. The summed E-state index contributed by atoms with van der Waals surface area (Å²) < 4.78 is 1.65. The summed E-state index contributed by atoms with van der Waals surface area (Å²) in [6.07, 6.45) is 1.49. The first kappa shape index (κ1) is 16.4. The molecule has 0 bridgehead atoms. The Morgan fingerprint density at radius 2 is 1.57 bits per heavy atom. The van der Waals surface area contributed by atoms with E-state index < -0.39 is 0 Å². The lowest BCUT2D eigenvalue weighted by atomic mass is 10.0. The Balaban J connectivity index is 1.69. The molecule has 0 unspecified atom stereocenters. The van der Waals surface area contributed by atoms with E-state index in [0.717, 1.165) is 11.1 Å². The van der Waals surface area contributed by atoms with Gasteiger partial charge in [-0.05, 0) is 5.56 Å². The van der Waals surface area contributed by atoms with Gasteiger partial charge >= 0.3 is 0 Å². The zero-order chi connectivity index (χ0) is 19.3. The second kappa shape index (κ2) is 6.13. The van der Waals surface area contributed by atoms with Gasteiger partial charge in [0.15, 0.2) is 5.65 Å². The van der Waals surface area contributed by atoms with Crippen molar-refractivity contribution in [3.05, 3.63) is 83.6 Å². The molecule has 1 aliphatic rings. The summed E-state index contributed by atoms with van der Waals surface area (Å²) in [5.74, 6) is -0.623. The number of amides is 2. The number of nitrogens with zero attached hydrogens (tertiary/aromatic N) is 4. The Labute approximate surface area is 161 Å². The fourth-order valence-electron chi connectivity index (χ4n) is 3.68. The van der Waals surface area contributed by atoms with Crippen LogP contribution in [0.5, 0.6) is 0 Å². The molecule has 0 atom stereocenters. The second-order valence-electron chi connectivity index (χ2n) is 6.77. The molecular weight excluding hydrogens is 352 g/mol. The smallest absolute Gasteiger partial charge is 0.263 e. The van der Waals surface area contributed by atoms with E-state index in [1.807, 2.05) is 60.7 Å². The number of fused-ring (bicyclic) bond motifs is 3. The highest BCUT2D eigenvalue weighted by molar-refractivity contribution is 6.27. The van der Waals surface area contributed by atoms with E-state index in [4.69, 9.17) is 0 Å². The summed E-state index contributed by atoms with van der Waals surface area (Å²) >= 11 is 0. The van der Waals surface area contributed by atoms with Crippen molar-refractivity contribution >= 4 is 22.8 Å². The van der Waals surface area contributed by atoms with Crippen molar-refractivity contribution in [1.29, 1.82) is 0 Å². The number of benzene rings is 2. The van der Waals surface area contributed by atoms with Gasteiger partial charge in [-0.25, -0.2) is 9.67 Å². The third-order valence-electron chi connectivity index (χ3n) is 5.02. The minimum Gasteiger partial charge on any atom is -0.270 e. The second-order valence-corrected chi connectivity index (χ2v) is 6.77. The van der Waals surface area contributed by atoms with Gasteiger partial charge in [0, 0.05) is 18.8 Å². The number of carbonyl (C=O) groups excluding carboxylic acids is 2. The van der Waals surface area contributed by atoms with Gasteiger partial charge in [0.1, 0.15) is 5.69 Å². The van der Waals surface area contributed by atoms with E-state index >= 15 is 0 Å². The molecule has 2 aromatic heterocycles. The van der Waals surface area contributed by atoms with Crippen molar-refractivity contribution < 1.29 is 9.59 Å². The minimum absolute atomic E-state index is 0.232. The lowest BCUT2D eigenvalue weighted by Crippen LogP contribution is -2.29. The topological polar surface area (TPSA) is 68.1 Å². The van der Waals surface area contributed by atoms with Crippen molar-refractivity contribution in [3.8, 4) is 11.3 Å². The van der Waals surface area contributed by atoms with Gasteiger partial charge in [0.05, 0.1) is 23.1 Å². The molecule has 4 aromatic rings. The highest BCUT2D eigenvalue weighted by Crippen LogP contribution is 2.35. The SMILES string of the molecule is Cn1nc(-c2ccccc2)c2c3c(cnc21)C(=O)N(Cc1ccccc1)C3=O. The van der Waals surface area contributed by atoms with Crippen LogP contribution in [0.15, 0.2) is 66.9 Å². The number of pyridine rings is 1. The monoisotopic (exact) mass is 368 g/mol. The van der Waals surface area contributed by atoms with Gasteiger partial charge < -0.3 is 0 Å². The molecule has 0 saturated carbocycles. The van der Waals surface area contributed by atoms with Crippen molar-refractivity contribution in [1.82, 2.24) is 19.7 Å². The van der Waals surface area contributed by atoms with E-state index in [9.17, 15) is 9.59 Å². The Morgan fingerprint density at radius 1 is 0.893 bits per heavy atom. The van der Waals surface area contributed by atoms with Crippen LogP contribution in [0.25, 0.3) is 22.3 Å². The molecule has 0 spiro atoms. The largest absolute Gasteiger partial charge is 0.270 e. The standard InChI is InChI=1S/C22H16N4O2/c1-25-20-18(19(24-25)15-10-6-3-7-11-15)17-16(12-23-20)21(27)26(22(17)28)13-14-8-4-2-5-9-14/h2-12H,13H2,1H3. The molecular formula is C22H16N4O2. The first-order valence-electron chi connectivity index (χ1n) is 8.96. The van der Waals surface area contributed by atoms with Crippen LogP contribution in [0.1, 0.15) is 26.3 Å². The van der Waals surface area contributed by atoms with E-state index in [1.54, 1.807) is 11.7 Å². The third-order valence-corrected chi connectivity index (χ3v) is 5.02. The summed E-state index contributed by atoms with van der Waals surface area (Å²) in [6, 6.07) is 19.1. The minimum atomic E-state index is -0.318. The van der Waals surface area contributed by atoms with Gasteiger partial charge in [-0.2, -0.15) is 5.10 Å². The molecule has 3 heterocycles. The number of hydrogen-bond acceptors (Lipinski definition) is 4. The number of aromatic nitrogens is 3. The molecule has 0 fully saturated rings. The van der Waals surface area contributed by atoms with Crippen LogP contribution in [-0.2, 0) is 13.6 Å². The summed E-state index contributed by atoms with van der Waals surface area (Å²) in [5, 5.41) is 5.20. The predicted octanol–water partition coefficient (Wildman–Crippen LogP) is 3.43. The fourth-order valence-corrected chi connectivity index (χ4v) is 3.68. The zero-order valence-corrected chi connectivity index (χ0v) is 15.2. The van der Waals surface area contributed by atoms with Crippen molar-refractivity contribution in [2.75, 3.05) is 0 Å². The van der Waals surface area contributed by atoms with Crippen LogP contribution in [-0.4, -0.2) is 31.5 Å². The van der Waals surface area contributed by atoms with Crippen LogP contribution >= 0.6 is 0 Å². The average molecular weight is 368 g/mol. The van der Waals surface area contributed by atoms with Gasteiger partial charge in [-0.1, -0.05) is 60.7 Å². The van der Waals surface area contributed by atoms with Crippen molar-refractivity contribution in [3.63, 3.8) is 0 Å². The Hall–Kier alpha value is -3.80. The van der Waals surface area contributed by atoms with Crippen molar-refractivity contribution in [2.24, 2.45) is 7.05 Å². The summed E-state index contributed by atoms with van der Waals surface area (Å²) in [7, 11) is 1.79. The van der Waals surface area contributed by atoms with Crippen LogP contribution in [0, 0.1) is 0 Å². The summed E-state index contributed by atoms with van der Waals surface area (Å²) in [6.45, 7) is 0.232. The lowest BCUT2D eigenvalue weighted by molar-refractivity contribution is 0.0643. The lowest BCUT2D eigenvalue weighted by Gasteiger charge is -2.13. The molecule has 2 amide bonds. The van der Waals surface area contributed by atoms with Gasteiger partial charge in [-0.15, -0.1) is 0 Å². The number of imide groups is 1. The number of carbonyl (C=O) groups is 2. The average Bonchev–Trinajstić information content (AvgIpc) is 3.19. The molecule has 0 aliphatic carbocycles. The maximum atomic E-state index is 13.3. The van der Waals surface area contributed by atoms with Crippen molar-refractivity contribution in [2.45, 2.75) is 6.54 Å². The van der Waals surface area contributed by atoms with Gasteiger partial charge in [0.2, 0.25) is 0 Å². The van der Waals surface area contributed by atoms with Gasteiger partial charge in [-0.3, -0.25) is 14.5 Å². The van der Waals surface area contributed by atoms with Crippen LogP contribution in [0.2, 0.25) is 0 Å². The number of hydrogen-bond donors (Lipinski definition) is 0. The van der Waals surface area contributed by atoms with E-state index in [0.29, 0.717) is 27.9 Å². The first-order valence-corrected chi connectivity index (χ1v) is 8.96. The maximum absolute atomic E-state index is 13.3. The molecule has 1 aliphatic heterocycles. The maximum Gasteiger partial charge on any atom is 0.263 e. The first-order chi connectivity index (χ1) is 13.6. The summed E-state index contributed by atoms with van der Waals surface area (Å²) in [5.41, 5.74) is 3.74. The van der Waals surface area contributed by atoms with Crippen LogP contribution in [0.4, 0.5) is 0 Å². The van der Waals surface area contributed by atoms with E-state index in [-0.39, 0.29) is 18.4 Å². The van der Waals surface area contributed by atoms with Gasteiger partial charge in [0.25, 0.3) is 11.8 Å². The molecule has 5 rings (SSSR count). The van der Waals surface area contributed by atoms with E-state index in [1.165, 1.54) is 11.1 Å². The molecule has 6 heteroatoms. The normalized spacial score (nSPS) is 13.4. The fraction of sp³-hybridized carbons (Fsp3) is 0.0909. The molecule has 136 valence electrons. The predicted molar refractivity (Wildman–Crippen MR) is 105 cm³/mol. The van der Waals surface area contributed by atoms with Crippen LogP contribution in [0.3, 0.4) is 0 Å². The molecule has 0 radical (unpaired) electrons. The molecule has 28 heavy (non-hydrogen) atoms. The third kappa shape index (κ3) is 2.35. The summed E-state index contributed by atoms with van der Waals surface area (Å²) in [4.78, 5) is 31.9. The molecule has 0 saturated heterocycles. The highest BCUT2D eigenvalue weighted by Gasteiger charge is 2.39. The van der Waals surface area contributed by atoms with Crippen LogP contribution < -0.4 is 0 Å². The highest BCUT2D eigenvalue weighted by atomic mass is 16.2. The molecule has 0 N–H and O–H groups in total. The van der Waals surface area contributed by atoms with E-state index in [2.05, 4.69) is 10.1 Å².